The van der Waals surface area contributed by atoms with Crippen molar-refractivity contribution in [1.29, 1.82) is 0 Å². The summed E-state index contributed by atoms with van der Waals surface area (Å²) < 4.78 is 0. The molecule has 0 bridgehead atoms. The first-order chi connectivity index (χ1) is 11.1. The Morgan fingerprint density at radius 1 is 1.22 bits per heavy atom. The molecule has 1 amide bonds. The fourth-order valence-corrected chi connectivity index (χ4v) is 4.87. The Balaban J connectivity index is 1.53. The zero-order valence-electron chi connectivity index (χ0n) is 14.4. The third kappa shape index (κ3) is 4.01. The predicted molar refractivity (Wildman–Crippen MR) is 93.3 cm³/mol. The third-order valence-corrected chi connectivity index (χ3v) is 6.57. The highest BCUT2D eigenvalue weighted by atomic mass is 35.5. The molecule has 0 aromatic rings. The summed E-state index contributed by atoms with van der Waals surface area (Å²) in [6.45, 7) is 9.85. The van der Waals surface area contributed by atoms with Crippen LogP contribution in [-0.2, 0) is 4.79 Å². The van der Waals surface area contributed by atoms with Crippen LogP contribution < -0.4 is 10.9 Å². The van der Waals surface area contributed by atoms with Gasteiger partial charge in [-0.25, -0.2) is 5.43 Å². The van der Waals surface area contributed by atoms with Crippen molar-refractivity contribution in [2.75, 3.05) is 32.7 Å². The van der Waals surface area contributed by atoms with Crippen molar-refractivity contribution in [3.8, 4) is 0 Å². The maximum absolute atomic E-state index is 11.8. The third-order valence-electron chi connectivity index (χ3n) is 6.08. The molecule has 1 aliphatic carbocycles. The minimum Gasteiger partial charge on any atom is -0.300 e. The molecule has 0 spiro atoms. The van der Waals surface area contributed by atoms with E-state index in [2.05, 4.69) is 34.5 Å². The van der Waals surface area contributed by atoms with Crippen molar-refractivity contribution >= 4 is 17.5 Å². The molecular formula is C17H31ClN4O. The topological polar surface area (TPSA) is 47.6 Å². The van der Waals surface area contributed by atoms with Crippen LogP contribution in [0.3, 0.4) is 0 Å². The molecule has 0 aromatic carbocycles. The molecule has 4 unspecified atom stereocenters. The molecule has 2 heterocycles. The number of rotatable bonds is 3. The van der Waals surface area contributed by atoms with E-state index in [0.717, 1.165) is 38.0 Å². The van der Waals surface area contributed by atoms with Crippen molar-refractivity contribution in [1.82, 2.24) is 20.7 Å². The van der Waals surface area contributed by atoms with Crippen LogP contribution in [0.1, 0.15) is 39.5 Å². The van der Waals surface area contributed by atoms with E-state index in [9.17, 15) is 4.79 Å². The summed E-state index contributed by atoms with van der Waals surface area (Å²) in [5.74, 6) is 1.63. The average Bonchev–Trinajstić information content (AvgIpc) is 2.53. The van der Waals surface area contributed by atoms with Gasteiger partial charge in [0.1, 0.15) is 5.38 Å². The van der Waals surface area contributed by atoms with Gasteiger partial charge in [-0.15, -0.1) is 11.6 Å². The predicted octanol–water partition coefficient (Wildman–Crippen LogP) is 1.43. The van der Waals surface area contributed by atoms with Crippen LogP contribution in [0.5, 0.6) is 0 Å². The Labute approximate surface area is 145 Å². The van der Waals surface area contributed by atoms with Crippen LogP contribution in [0.15, 0.2) is 0 Å². The van der Waals surface area contributed by atoms with E-state index in [1.54, 1.807) is 0 Å². The largest absolute Gasteiger partial charge is 0.300 e. The van der Waals surface area contributed by atoms with Gasteiger partial charge in [0, 0.05) is 44.8 Å². The first-order valence-electron chi connectivity index (χ1n) is 9.21. The van der Waals surface area contributed by atoms with E-state index >= 15 is 0 Å². The highest BCUT2D eigenvalue weighted by Crippen LogP contribution is 2.31. The van der Waals surface area contributed by atoms with E-state index < -0.39 is 5.38 Å². The van der Waals surface area contributed by atoms with Gasteiger partial charge in [-0.3, -0.25) is 15.1 Å². The molecule has 2 saturated heterocycles. The molecule has 1 saturated carbocycles. The van der Waals surface area contributed by atoms with Crippen LogP contribution in [0.2, 0.25) is 0 Å². The molecule has 0 radical (unpaired) electrons. The van der Waals surface area contributed by atoms with Crippen molar-refractivity contribution in [3.05, 3.63) is 0 Å². The normalized spacial score (nSPS) is 40.8. The van der Waals surface area contributed by atoms with Gasteiger partial charge in [-0.2, -0.15) is 0 Å². The van der Waals surface area contributed by atoms with E-state index in [1.807, 2.05) is 0 Å². The summed E-state index contributed by atoms with van der Waals surface area (Å²) in [5.41, 5.74) is 5.60. The zero-order chi connectivity index (χ0) is 16.4. The summed E-state index contributed by atoms with van der Waals surface area (Å²) in [4.78, 5) is 16.8. The number of halogens is 1. The molecule has 3 rings (SSSR count). The van der Waals surface area contributed by atoms with E-state index in [-0.39, 0.29) is 11.9 Å². The first-order valence-corrected chi connectivity index (χ1v) is 9.64. The average molecular weight is 343 g/mol. The summed E-state index contributed by atoms with van der Waals surface area (Å²) in [7, 11) is 0. The number of hydrogen-bond donors (Lipinski definition) is 2. The van der Waals surface area contributed by atoms with Crippen LogP contribution in [0.25, 0.3) is 0 Å². The standard InChI is InChI=1S/C17H31ClN4O/c1-12-5-3-4-6-14(12)11-21-7-8-22(13(2)10-21)15-9-19-20-17(23)16(15)18/h12-16,19H,3-11H2,1-2H3,(H,20,23)/t12?,13-,14?,15?,16?/m1/s1. The van der Waals surface area contributed by atoms with Crippen molar-refractivity contribution < 1.29 is 4.79 Å². The Morgan fingerprint density at radius 3 is 2.74 bits per heavy atom. The number of carbonyl (C=O) groups is 1. The number of hydrogen-bond acceptors (Lipinski definition) is 4. The lowest BCUT2D eigenvalue weighted by Crippen LogP contribution is -2.66. The van der Waals surface area contributed by atoms with Gasteiger partial charge in [-0.1, -0.05) is 26.2 Å². The van der Waals surface area contributed by atoms with Crippen LogP contribution in [0, 0.1) is 11.8 Å². The van der Waals surface area contributed by atoms with Crippen molar-refractivity contribution in [2.45, 2.75) is 57.0 Å². The number of carbonyl (C=O) groups excluding carboxylic acids is 1. The molecule has 132 valence electrons. The molecule has 5 atom stereocenters. The fraction of sp³-hybridized carbons (Fsp3) is 0.941. The second-order valence-corrected chi connectivity index (χ2v) is 8.18. The molecule has 6 heteroatoms. The number of piperazine rings is 1. The highest BCUT2D eigenvalue weighted by molar-refractivity contribution is 6.31. The van der Waals surface area contributed by atoms with Crippen LogP contribution in [0.4, 0.5) is 0 Å². The minimum atomic E-state index is -0.455. The SMILES string of the molecule is CC1CCCCC1CN1CCN(C2CNNC(=O)C2Cl)[C@H](C)C1. The van der Waals surface area contributed by atoms with Gasteiger partial charge in [0.2, 0.25) is 0 Å². The Kier molecular flexibility index (Phi) is 5.83. The maximum atomic E-state index is 11.8. The Bertz CT molecular complexity index is 421. The number of nitrogens with one attached hydrogen (secondary N) is 2. The number of nitrogens with zero attached hydrogens (tertiary/aromatic N) is 2. The van der Waals surface area contributed by atoms with Gasteiger partial charge < -0.3 is 4.90 Å². The van der Waals surface area contributed by atoms with E-state index in [1.165, 1.54) is 32.2 Å². The van der Waals surface area contributed by atoms with E-state index in [4.69, 9.17) is 11.6 Å². The maximum Gasteiger partial charge on any atom is 0.253 e. The smallest absolute Gasteiger partial charge is 0.253 e. The second-order valence-electron chi connectivity index (χ2n) is 7.71. The van der Waals surface area contributed by atoms with Gasteiger partial charge in [-0.05, 0) is 25.2 Å². The summed E-state index contributed by atoms with van der Waals surface area (Å²) >= 11 is 6.34. The molecular weight excluding hydrogens is 312 g/mol. The number of amides is 1. The van der Waals surface area contributed by atoms with Gasteiger partial charge in [0.25, 0.3) is 5.91 Å². The summed E-state index contributed by atoms with van der Waals surface area (Å²) in [6.07, 6.45) is 5.61. The molecule has 3 fully saturated rings. The molecule has 23 heavy (non-hydrogen) atoms. The van der Waals surface area contributed by atoms with Gasteiger partial charge in [0.05, 0.1) is 0 Å². The molecule has 5 nitrogen and oxygen atoms in total. The van der Waals surface area contributed by atoms with Gasteiger partial charge in [0.15, 0.2) is 0 Å². The zero-order valence-corrected chi connectivity index (χ0v) is 15.2. The molecule has 2 N–H and O–H groups in total. The van der Waals surface area contributed by atoms with Gasteiger partial charge >= 0.3 is 0 Å². The van der Waals surface area contributed by atoms with E-state index in [0.29, 0.717) is 6.04 Å². The molecule has 3 aliphatic rings. The Hall–Kier alpha value is -0.360. The lowest BCUT2D eigenvalue weighted by molar-refractivity contribution is -0.125. The second kappa shape index (κ2) is 7.68. The molecule has 0 aromatic heterocycles. The van der Waals surface area contributed by atoms with Crippen molar-refractivity contribution in [3.63, 3.8) is 0 Å². The Morgan fingerprint density at radius 2 is 2.00 bits per heavy atom. The van der Waals surface area contributed by atoms with Crippen molar-refractivity contribution in [2.24, 2.45) is 11.8 Å². The minimum absolute atomic E-state index is 0.0937. The first kappa shape index (κ1) is 17.5. The molecule has 2 aliphatic heterocycles. The van der Waals surface area contributed by atoms with Crippen LogP contribution >= 0.6 is 11.6 Å². The number of hydrazine groups is 1. The monoisotopic (exact) mass is 342 g/mol. The summed E-state index contributed by atoms with van der Waals surface area (Å²) in [6, 6.07) is 0.540. The fourth-order valence-electron chi connectivity index (χ4n) is 4.58. The lowest BCUT2D eigenvalue weighted by atomic mass is 9.80. The summed E-state index contributed by atoms with van der Waals surface area (Å²) in [5, 5.41) is -0.455. The quantitative estimate of drug-likeness (QED) is 0.762. The number of alkyl halides is 1. The highest BCUT2D eigenvalue weighted by Gasteiger charge is 2.39. The van der Waals surface area contributed by atoms with Crippen LogP contribution in [-0.4, -0.2) is 65.9 Å². The lowest BCUT2D eigenvalue weighted by Gasteiger charge is -2.47.